The van der Waals surface area contributed by atoms with Gasteiger partial charge in [-0.25, -0.2) is 36.3 Å². The number of aryl methyl sites for hydroxylation is 2. The van der Waals surface area contributed by atoms with Crippen molar-refractivity contribution >= 4 is 58.7 Å². The van der Waals surface area contributed by atoms with Gasteiger partial charge in [0.05, 0.1) is 57.4 Å². The van der Waals surface area contributed by atoms with Crippen molar-refractivity contribution in [3.05, 3.63) is 116 Å². The van der Waals surface area contributed by atoms with Crippen molar-refractivity contribution in [2.45, 2.75) is 33.7 Å². The van der Waals surface area contributed by atoms with Crippen molar-refractivity contribution in [1.29, 1.82) is 5.26 Å². The molecular weight excluding hydrogens is 781 g/mol. The van der Waals surface area contributed by atoms with Gasteiger partial charge >= 0.3 is 0 Å². The number of carbonyl (C=O) groups is 1. The number of hydrogen-bond acceptors (Lipinski definition) is 14. The number of benzene rings is 4. The number of primary amides is 1. The second-order valence-corrected chi connectivity index (χ2v) is 16.1. The van der Waals surface area contributed by atoms with E-state index in [1.807, 2.05) is 6.07 Å². The number of nitriles is 1. The van der Waals surface area contributed by atoms with Gasteiger partial charge < -0.3 is 15.2 Å². The Balaban J connectivity index is 0.000000174. The zero-order valence-electron chi connectivity index (χ0n) is 30.1. The number of carbonyl (C=O) groups excluding carboxylic acids is 1. The SMILES string of the molecule is COc1ccc2c(=O)nc3c(S(=O)(=O)c4ccc(C#N)cc4C)n[nH]n3c2c1.COc1ccc2c(=O)nc3c(S(=O)(=O)c4ccc(C(N)=O)cc4C)n[nH]n3c2c1. The highest BCUT2D eigenvalue weighted by atomic mass is 32.2. The molecule has 0 atom stereocenters. The number of ether oxygens (including phenoxy) is 2. The molecule has 1 amide bonds. The lowest BCUT2D eigenvalue weighted by molar-refractivity contribution is 0.1000. The van der Waals surface area contributed by atoms with Crippen LogP contribution in [0.1, 0.15) is 27.0 Å². The molecule has 0 saturated heterocycles. The van der Waals surface area contributed by atoms with Gasteiger partial charge in [-0.2, -0.15) is 15.2 Å². The highest BCUT2D eigenvalue weighted by Crippen LogP contribution is 2.29. The molecule has 4 heterocycles. The molecule has 0 saturated carbocycles. The van der Waals surface area contributed by atoms with Crippen LogP contribution in [-0.2, 0) is 19.7 Å². The van der Waals surface area contributed by atoms with Crippen LogP contribution >= 0.6 is 0 Å². The van der Waals surface area contributed by atoms with Gasteiger partial charge in [0.1, 0.15) is 11.5 Å². The summed E-state index contributed by atoms with van der Waals surface area (Å²) in [6, 6.07) is 19.6. The summed E-state index contributed by atoms with van der Waals surface area (Å²) in [4.78, 5) is 43.9. The van der Waals surface area contributed by atoms with E-state index in [1.165, 1.54) is 72.6 Å². The zero-order valence-corrected chi connectivity index (χ0v) is 31.8. The first-order valence-corrected chi connectivity index (χ1v) is 19.4. The average molecular weight is 809 g/mol. The molecule has 0 unspecified atom stereocenters. The molecule has 0 aliphatic rings. The largest absolute Gasteiger partial charge is 0.497 e. The quantitative estimate of drug-likeness (QED) is 0.209. The predicted octanol–water partition coefficient (Wildman–Crippen LogP) is 2.41. The highest BCUT2D eigenvalue weighted by Gasteiger charge is 2.29. The van der Waals surface area contributed by atoms with E-state index in [9.17, 15) is 31.2 Å². The van der Waals surface area contributed by atoms with Gasteiger partial charge in [-0.15, -0.1) is 10.2 Å². The summed E-state index contributed by atoms with van der Waals surface area (Å²) in [5, 5.41) is 21.8. The fourth-order valence-corrected chi connectivity index (χ4v) is 9.08. The van der Waals surface area contributed by atoms with Crippen molar-refractivity contribution in [1.82, 2.24) is 39.6 Å². The molecule has 0 aliphatic carbocycles. The smallest absolute Gasteiger partial charge is 0.281 e. The number of methoxy groups -OCH3 is 2. The maximum absolute atomic E-state index is 13.2. The first kappa shape index (κ1) is 37.9. The standard InChI is InChI=1S/C18H15N5O5S.C18H13N5O4S/c1-9-7-10(15(19)24)3-6-14(9)29(26,27)18-16-20-17(25)12-5-4-11(28-2)8-13(12)23(16)22-21-18;1-10-7-11(9-19)3-6-15(10)28(25,26)18-16-20-17(24)13-5-4-12(27-2)8-14(13)23(16)22-21-18/h3-8,22H,1-2H3,(H2,19,24);3-8,22H,1-2H3. The minimum Gasteiger partial charge on any atom is -0.497 e. The lowest BCUT2D eigenvalue weighted by Crippen LogP contribution is -2.14. The van der Waals surface area contributed by atoms with Crippen LogP contribution in [0.15, 0.2) is 102 Å². The number of fused-ring (bicyclic) bond motifs is 6. The number of aromatic amines is 2. The molecule has 21 heteroatoms. The fraction of sp³-hybridized carbons (Fsp3) is 0.111. The second-order valence-electron chi connectivity index (χ2n) is 12.4. The molecule has 0 spiro atoms. The Kier molecular flexibility index (Phi) is 9.30. The van der Waals surface area contributed by atoms with Gasteiger partial charge in [0.25, 0.3) is 11.1 Å². The van der Waals surface area contributed by atoms with Gasteiger partial charge in [-0.05, 0) is 85.6 Å². The number of nitrogens with two attached hydrogens (primary N) is 1. The first-order valence-electron chi connectivity index (χ1n) is 16.4. The molecule has 0 fully saturated rings. The van der Waals surface area contributed by atoms with Crippen LogP contribution in [0.3, 0.4) is 0 Å². The Morgan fingerprint density at radius 1 is 0.702 bits per heavy atom. The summed E-state index contributed by atoms with van der Waals surface area (Å²) in [5.74, 6) is 0.304. The van der Waals surface area contributed by atoms with Crippen LogP contribution in [0, 0.1) is 25.2 Å². The lowest BCUT2D eigenvalue weighted by atomic mass is 10.1. The van der Waals surface area contributed by atoms with E-state index in [0.717, 1.165) is 0 Å². The number of amides is 1. The van der Waals surface area contributed by atoms with Crippen LogP contribution in [0.2, 0.25) is 0 Å². The van der Waals surface area contributed by atoms with Gasteiger partial charge in [0, 0.05) is 17.7 Å². The van der Waals surface area contributed by atoms with Crippen molar-refractivity contribution in [2.24, 2.45) is 5.73 Å². The van der Waals surface area contributed by atoms with E-state index in [2.05, 4.69) is 30.6 Å². The highest BCUT2D eigenvalue weighted by molar-refractivity contribution is 7.92. The van der Waals surface area contributed by atoms with Crippen LogP contribution < -0.4 is 26.3 Å². The summed E-state index contributed by atoms with van der Waals surface area (Å²) < 4.78 is 65.7. The molecule has 4 N–H and O–H groups in total. The summed E-state index contributed by atoms with van der Waals surface area (Å²) in [6.45, 7) is 3.12. The average Bonchev–Trinajstić information content (AvgIpc) is 3.83. The lowest BCUT2D eigenvalue weighted by Gasteiger charge is -2.07. The van der Waals surface area contributed by atoms with Crippen LogP contribution in [0.25, 0.3) is 33.1 Å². The number of H-pyrrole nitrogens is 2. The number of nitrogens with zero attached hydrogens (tertiary/aromatic N) is 7. The third-order valence-corrected chi connectivity index (χ3v) is 12.6. The summed E-state index contributed by atoms with van der Waals surface area (Å²) in [5.41, 5.74) is 5.80. The summed E-state index contributed by atoms with van der Waals surface area (Å²) in [6.07, 6.45) is 0. The van der Waals surface area contributed by atoms with E-state index in [1.54, 1.807) is 37.3 Å². The number of nitrogens with one attached hydrogen (secondary N) is 2. The van der Waals surface area contributed by atoms with Crippen molar-refractivity contribution in [3.63, 3.8) is 0 Å². The predicted molar refractivity (Wildman–Crippen MR) is 202 cm³/mol. The monoisotopic (exact) mass is 808 g/mol. The third kappa shape index (κ3) is 6.37. The van der Waals surface area contributed by atoms with E-state index in [4.69, 9.17) is 20.5 Å². The van der Waals surface area contributed by atoms with E-state index in [-0.39, 0.29) is 37.1 Å². The summed E-state index contributed by atoms with van der Waals surface area (Å²) >= 11 is 0. The second kappa shape index (κ2) is 14.0. The van der Waals surface area contributed by atoms with Crippen molar-refractivity contribution < 1.29 is 31.1 Å². The Morgan fingerprint density at radius 3 is 1.56 bits per heavy atom. The van der Waals surface area contributed by atoms with E-state index in [0.29, 0.717) is 44.6 Å². The van der Waals surface area contributed by atoms with Gasteiger partial charge in [-0.3, -0.25) is 14.4 Å². The molecule has 0 aliphatic heterocycles. The number of sulfone groups is 2. The molecule has 288 valence electrons. The van der Waals surface area contributed by atoms with Crippen LogP contribution in [0.4, 0.5) is 0 Å². The van der Waals surface area contributed by atoms with Crippen LogP contribution in [-0.4, -0.2) is 76.6 Å². The molecule has 19 nitrogen and oxygen atoms in total. The molecular formula is C36H28N10O9S2. The molecule has 0 radical (unpaired) electrons. The van der Waals surface area contributed by atoms with Crippen LogP contribution in [0.5, 0.6) is 11.5 Å². The Morgan fingerprint density at radius 2 is 1.16 bits per heavy atom. The molecule has 57 heavy (non-hydrogen) atoms. The number of rotatable bonds is 7. The topological polar surface area (TPSA) is 280 Å². The molecule has 4 aromatic carbocycles. The fourth-order valence-electron chi connectivity index (χ4n) is 6.12. The van der Waals surface area contributed by atoms with Gasteiger partial charge in [-0.1, -0.05) is 0 Å². The number of aromatic nitrogens is 8. The van der Waals surface area contributed by atoms with E-state index >= 15 is 0 Å². The Hall–Kier alpha value is -7.44. The Labute approximate surface area is 320 Å². The molecule has 0 bridgehead atoms. The van der Waals surface area contributed by atoms with Crippen molar-refractivity contribution in [3.8, 4) is 17.6 Å². The van der Waals surface area contributed by atoms with Crippen molar-refractivity contribution in [2.75, 3.05) is 14.2 Å². The normalized spacial score (nSPS) is 11.7. The molecule has 8 rings (SSSR count). The minimum atomic E-state index is -4.14. The minimum absolute atomic E-state index is 0.0134. The third-order valence-electron chi connectivity index (χ3n) is 8.93. The zero-order chi connectivity index (χ0) is 41.0. The number of hydrogen-bond donors (Lipinski definition) is 3. The molecule has 8 aromatic rings. The maximum atomic E-state index is 13.2. The van der Waals surface area contributed by atoms with Gasteiger partial charge in [0.2, 0.25) is 35.6 Å². The first-order chi connectivity index (χ1) is 27.1. The maximum Gasteiger partial charge on any atom is 0.281 e. The van der Waals surface area contributed by atoms with Gasteiger partial charge in [0.15, 0.2) is 11.3 Å². The van der Waals surface area contributed by atoms with E-state index < -0.39 is 41.7 Å². The molecule has 4 aromatic heterocycles. The summed E-state index contributed by atoms with van der Waals surface area (Å²) in [7, 11) is -5.27. The Bertz CT molecular complexity index is 3380.